The summed E-state index contributed by atoms with van der Waals surface area (Å²) in [5.41, 5.74) is 1.31. The van der Waals surface area contributed by atoms with Gasteiger partial charge in [-0.25, -0.2) is 14.4 Å². The molecule has 0 unspecified atom stereocenters. The molecule has 5 heteroatoms. The van der Waals surface area contributed by atoms with E-state index in [2.05, 4.69) is 6.58 Å². The molecule has 0 aliphatic heterocycles. The molecule has 0 aliphatic rings. The van der Waals surface area contributed by atoms with Gasteiger partial charge < -0.3 is 9.84 Å². The van der Waals surface area contributed by atoms with E-state index in [0.717, 1.165) is 24.8 Å². The fraction of sp³-hybridized carbons (Fsp3) is 0.471. The Kier molecular flexibility index (Phi) is 8.09. The molecule has 0 rings (SSSR count). The highest BCUT2D eigenvalue weighted by molar-refractivity contribution is 6.04. The van der Waals surface area contributed by atoms with Gasteiger partial charge >= 0.3 is 17.9 Å². The number of carboxylic acid groups (broad SMARTS) is 1. The lowest BCUT2D eigenvalue weighted by Gasteiger charge is -2.09. The molecule has 0 atom stereocenters. The summed E-state index contributed by atoms with van der Waals surface area (Å²) in [4.78, 5) is 34.6. The van der Waals surface area contributed by atoms with E-state index >= 15 is 0 Å². The number of hydrogen-bond acceptors (Lipinski definition) is 4. The number of aliphatic carboxylic acids is 1. The van der Waals surface area contributed by atoms with Gasteiger partial charge in [-0.2, -0.15) is 0 Å². The number of carbonyl (C=O) groups is 3. The maximum atomic E-state index is 11.9. The number of hydrogen-bond donors (Lipinski definition) is 1. The third-order valence-electron chi connectivity index (χ3n) is 3.62. The number of rotatable bonds is 7. The fourth-order valence-corrected chi connectivity index (χ4v) is 1.57. The topological polar surface area (TPSA) is 80.7 Å². The molecule has 122 valence electrons. The number of carboxylic acids is 1. The average molecular weight is 308 g/mol. The Hall–Kier alpha value is -2.17. The van der Waals surface area contributed by atoms with Crippen molar-refractivity contribution in [1.82, 2.24) is 0 Å². The number of unbranched alkanes of at least 4 members (excludes halogenated alkanes) is 1. The van der Waals surface area contributed by atoms with E-state index in [1.54, 1.807) is 6.92 Å². The van der Waals surface area contributed by atoms with Crippen molar-refractivity contribution >= 4 is 17.9 Å². The van der Waals surface area contributed by atoms with Gasteiger partial charge in [-0.3, -0.25) is 0 Å². The van der Waals surface area contributed by atoms with Gasteiger partial charge in [-0.05, 0) is 46.1 Å². The first-order chi connectivity index (χ1) is 10.1. The minimum absolute atomic E-state index is 0.0132. The van der Waals surface area contributed by atoms with Gasteiger partial charge in [0.1, 0.15) is 0 Å². The molecular formula is C17H24O5. The Bertz CT molecular complexity index is 549. The highest BCUT2D eigenvalue weighted by Crippen LogP contribution is 2.17. The molecule has 0 aromatic carbocycles. The fourth-order valence-electron chi connectivity index (χ4n) is 1.57. The minimum Gasteiger partial charge on any atom is -0.478 e. The summed E-state index contributed by atoms with van der Waals surface area (Å²) in [6.45, 7) is 11.8. The Morgan fingerprint density at radius 1 is 0.955 bits per heavy atom. The van der Waals surface area contributed by atoms with Crippen LogP contribution in [-0.4, -0.2) is 23.0 Å². The van der Waals surface area contributed by atoms with Crippen LogP contribution in [0, 0.1) is 0 Å². The molecule has 1 N–H and O–H groups in total. The molecule has 0 aliphatic carbocycles. The zero-order chi connectivity index (χ0) is 17.4. The second-order valence-electron chi connectivity index (χ2n) is 5.22. The SMILES string of the molecule is C=C(C(=O)OC(=O)C(C)=C(C)CCCC)C(C)=C(C)C(=O)O. The number of esters is 2. The standard InChI is InChI=1S/C17H24O5/c1-7-8-9-10(2)11(3)16(20)22-17(21)14(6)12(4)13(5)15(18)19/h6-9H2,1-5H3,(H,18,19). The predicted molar refractivity (Wildman–Crippen MR) is 84.1 cm³/mol. The summed E-state index contributed by atoms with van der Waals surface area (Å²) >= 11 is 0. The molecule has 0 spiro atoms. The highest BCUT2D eigenvalue weighted by Gasteiger charge is 2.20. The van der Waals surface area contributed by atoms with Crippen molar-refractivity contribution in [3.8, 4) is 0 Å². The van der Waals surface area contributed by atoms with Crippen LogP contribution in [0.3, 0.4) is 0 Å². The monoisotopic (exact) mass is 308 g/mol. The lowest BCUT2D eigenvalue weighted by molar-refractivity contribution is -0.153. The van der Waals surface area contributed by atoms with E-state index in [1.165, 1.54) is 13.8 Å². The Morgan fingerprint density at radius 3 is 1.95 bits per heavy atom. The molecule has 0 saturated carbocycles. The summed E-state index contributed by atoms with van der Waals surface area (Å²) < 4.78 is 4.76. The minimum atomic E-state index is -1.15. The molecule has 0 fully saturated rings. The lowest BCUT2D eigenvalue weighted by atomic mass is 10.0. The van der Waals surface area contributed by atoms with Gasteiger partial charge in [0.05, 0.1) is 5.57 Å². The van der Waals surface area contributed by atoms with Crippen molar-refractivity contribution in [1.29, 1.82) is 0 Å². The van der Waals surface area contributed by atoms with Crippen LogP contribution in [0.2, 0.25) is 0 Å². The van der Waals surface area contributed by atoms with Crippen LogP contribution in [0.25, 0.3) is 0 Å². The van der Waals surface area contributed by atoms with Gasteiger partial charge in [0.2, 0.25) is 0 Å². The maximum Gasteiger partial charge on any atom is 0.345 e. The van der Waals surface area contributed by atoms with Gasteiger partial charge in [-0.1, -0.05) is 25.5 Å². The number of ether oxygens (including phenoxy) is 1. The normalized spacial score (nSPS) is 13.0. The first kappa shape index (κ1) is 19.8. The highest BCUT2D eigenvalue weighted by atomic mass is 16.6. The second-order valence-corrected chi connectivity index (χ2v) is 5.22. The summed E-state index contributed by atoms with van der Waals surface area (Å²) in [6, 6.07) is 0. The molecule has 22 heavy (non-hydrogen) atoms. The van der Waals surface area contributed by atoms with Crippen molar-refractivity contribution in [2.45, 2.75) is 53.9 Å². The second kappa shape index (κ2) is 8.97. The van der Waals surface area contributed by atoms with Crippen molar-refractivity contribution in [3.63, 3.8) is 0 Å². The largest absolute Gasteiger partial charge is 0.478 e. The van der Waals surface area contributed by atoms with Crippen LogP contribution in [0.4, 0.5) is 0 Å². The van der Waals surface area contributed by atoms with E-state index in [-0.39, 0.29) is 16.7 Å². The first-order valence-electron chi connectivity index (χ1n) is 7.16. The molecule has 0 aromatic heterocycles. The van der Waals surface area contributed by atoms with Crippen LogP contribution >= 0.6 is 0 Å². The molecule has 0 heterocycles. The van der Waals surface area contributed by atoms with Gasteiger partial charge in [0.15, 0.2) is 0 Å². The van der Waals surface area contributed by atoms with Crippen LogP contribution in [0.1, 0.15) is 53.9 Å². The average Bonchev–Trinajstić information content (AvgIpc) is 2.48. The van der Waals surface area contributed by atoms with E-state index in [4.69, 9.17) is 9.84 Å². The maximum absolute atomic E-state index is 11.9. The van der Waals surface area contributed by atoms with Crippen LogP contribution < -0.4 is 0 Å². The van der Waals surface area contributed by atoms with Crippen LogP contribution in [-0.2, 0) is 19.1 Å². The van der Waals surface area contributed by atoms with Crippen molar-refractivity contribution in [3.05, 3.63) is 34.4 Å². The third kappa shape index (κ3) is 5.68. The van der Waals surface area contributed by atoms with Crippen LogP contribution in [0.15, 0.2) is 34.4 Å². The van der Waals surface area contributed by atoms with Crippen molar-refractivity contribution in [2.75, 3.05) is 0 Å². The Balaban J connectivity index is 5.00. The molecular weight excluding hydrogens is 284 g/mol. The van der Waals surface area contributed by atoms with E-state index < -0.39 is 17.9 Å². The lowest BCUT2D eigenvalue weighted by Crippen LogP contribution is -2.17. The molecule has 5 nitrogen and oxygen atoms in total. The molecule has 0 bridgehead atoms. The van der Waals surface area contributed by atoms with Crippen molar-refractivity contribution in [2.24, 2.45) is 0 Å². The molecule has 0 aromatic rings. The summed E-state index contributed by atoms with van der Waals surface area (Å²) in [7, 11) is 0. The summed E-state index contributed by atoms with van der Waals surface area (Å²) in [6.07, 6.45) is 2.73. The quantitative estimate of drug-likeness (QED) is 0.336. The summed E-state index contributed by atoms with van der Waals surface area (Å²) in [5, 5.41) is 8.88. The van der Waals surface area contributed by atoms with Crippen molar-refractivity contribution < 1.29 is 24.2 Å². The molecule has 0 saturated heterocycles. The Labute approximate surface area is 131 Å². The predicted octanol–water partition coefficient (Wildman–Crippen LogP) is 3.56. The van der Waals surface area contributed by atoms with Crippen LogP contribution in [0.5, 0.6) is 0 Å². The smallest absolute Gasteiger partial charge is 0.345 e. The number of allylic oxidation sites excluding steroid dienone is 1. The van der Waals surface area contributed by atoms with E-state index in [9.17, 15) is 14.4 Å². The van der Waals surface area contributed by atoms with Gasteiger partial charge in [0, 0.05) is 11.1 Å². The Morgan fingerprint density at radius 2 is 1.50 bits per heavy atom. The van der Waals surface area contributed by atoms with Gasteiger partial charge in [-0.15, -0.1) is 0 Å². The zero-order valence-electron chi connectivity index (χ0n) is 13.9. The number of carbonyl (C=O) groups excluding carboxylic acids is 2. The summed E-state index contributed by atoms with van der Waals surface area (Å²) in [5.74, 6) is -2.80. The molecule has 0 radical (unpaired) electrons. The zero-order valence-corrected chi connectivity index (χ0v) is 13.9. The van der Waals surface area contributed by atoms with E-state index in [1.807, 2.05) is 13.8 Å². The third-order valence-corrected chi connectivity index (χ3v) is 3.62. The molecule has 0 amide bonds. The van der Waals surface area contributed by atoms with Gasteiger partial charge in [0.25, 0.3) is 0 Å². The van der Waals surface area contributed by atoms with E-state index in [0.29, 0.717) is 5.57 Å². The first-order valence-corrected chi connectivity index (χ1v) is 7.16.